The van der Waals surface area contributed by atoms with Gasteiger partial charge in [-0.25, -0.2) is 0 Å². The van der Waals surface area contributed by atoms with Gasteiger partial charge in [0, 0.05) is 9.50 Å². The second kappa shape index (κ2) is 6.07. The van der Waals surface area contributed by atoms with Crippen molar-refractivity contribution in [2.75, 3.05) is 5.01 Å². The van der Waals surface area contributed by atoms with Gasteiger partial charge in [0.2, 0.25) is 0 Å². The molecule has 0 saturated heterocycles. The van der Waals surface area contributed by atoms with E-state index in [1.807, 2.05) is 37.3 Å². The molecule has 0 atom stereocenters. The predicted molar refractivity (Wildman–Crippen MR) is 94.2 cm³/mol. The standard InChI is InChI=1S/C17H12BrClN2O/c1-11-15(10-12-4-2-3-5-16(12)18)17(22)21(20-11)14-8-6-13(19)7-9-14/h2-10H,1H3/b15-10+. The van der Waals surface area contributed by atoms with Gasteiger partial charge in [-0.3, -0.25) is 4.79 Å². The average molecular weight is 376 g/mol. The molecule has 0 fully saturated rings. The second-order valence-corrected chi connectivity index (χ2v) is 6.15. The second-order valence-electron chi connectivity index (χ2n) is 4.86. The molecule has 0 saturated carbocycles. The van der Waals surface area contributed by atoms with Crippen molar-refractivity contribution >= 4 is 50.9 Å². The maximum atomic E-state index is 12.6. The molecule has 2 aromatic rings. The first-order chi connectivity index (χ1) is 10.6. The summed E-state index contributed by atoms with van der Waals surface area (Å²) in [7, 11) is 0. The Bertz CT molecular complexity index is 797. The highest BCUT2D eigenvalue weighted by Crippen LogP contribution is 2.27. The van der Waals surface area contributed by atoms with Crippen molar-refractivity contribution in [1.82, 2.24) is 0 Å². The summed E-state index contributed by atoms with van der Waals surface area (Å²) in [6.45, 7) is 1.83. The molecule has 1 heterocycles. The van der Waals surface area contributed by atoms with Crippen LogP contribution in [0.1, 0.15) is 12.5 Å². The van der Waals surface area contributed by atoms with Gasteiger partial charge in [-0.15, -0.1) is 0 Å². The quantitative estimate of drug-likeness (QED) is 0.687. The van der Waals surface area contributed by atoms with Gasteiger partial charge in [0.15, 0.2) is 0 Å². The van der Waals surface area contributed by atoms with E-state index in [0.29, 0.717) is 22.0 Å². The van der Waals surface area contributed by atoms with Crippen LogP contribution >= 0.6 is 27.5 Å². The van der Waals surface area contributed by atoms with Crippen LogP contribution in [0.15, 0.2) is 63.7 Å². The van der Waals surface area contributed by atoms with Gasteiger partial charge in [-0.2, -0.15) is 10.1 Å². The third kappa shape index (κ3) is 2.85. The lowest BCUT2D eigenvalue weighted by atomic mass is 10.1. The zero-order valence-corrected chi connectivity index (χ0v) is 14.1. The van der Waals surface area contributed by atoms with Crippen molar-refractivity contribution < 1.29 is 4.79 Å². The average Bonchev–Trinajstić information content (AvgIpc) is 2.78. The zero-order chi connectivity index (χ0) is 15.7. The SMILES string of the molecule is CC1=NN(c2ccc(Cl)cc2)C(=O)/C1=C/c1ccccc1Br. The van der Waals surface area contributed by atoms with Gasteiger partial charge < -0.3 is 0 Å². The number of carbonyl (C=O) groups excluding carboxylic acids is 1. The lowest BCUT2D eigenvalue weighted by Gasteiger charge is -2.11. The molecule has 110 valence electrons. The fourth-order valence-electron chi connectivity index (χ4n) is 2.19. The van der Waals surface area contributed by atoms with E-state index in [1.54, 1.807) is 24.3 Å². The topological polar surface area (TPSA) is 32.7 Å². The van der Waals surface area contributed by atoms with E-state index in [-0.39, 0.29) is 5.91 Å². The molecule has 0 unspecified atom stereocenters. The number of rotatable bonds is 2. The number of benzene rings is 2. The van der Waals surface area contributed by atoms with Crippen LogP contribution in [0, 0.1) is 0 Å². The Balaban J connectivity index is 1.97. The first-order valence-electron chi connectivity index (χ1n) is 6.68. The molecule has 1 aliphatic heterocycles. The maximum absolute atomic E-state index is 12.6. The summed E-state index contributed by atoms with van der Waals surface area (Å²) in [5, 5.41) is 6.37. The van der Waals surface area contributed by atoms with Crippen LogP contribution in [0.25, 0.3) is 6.08 Å². The van der Waals surface area contributed by atoms with Crippen LogP contribution in [-0.4, -0.2) is 11.6 Å². The minimum atomic E-state index is -0.143. The Morgan fingerprint density at radius 2 is 1.82 bits per heavy atom. The molecule has 0 aliphatic carbocycles. The molecule has 0 spiro atoms. The first-order valence-corrected chi connectivity index (χ1v) is 7.85. The van der Waals surface area contributed by atoms with Crippen LogP contribution in [0.4, 0.5) is 5.69 Å². The monoisotopic (exact) mass is 374 g/mol. The zero-order valence-electron chi connectivity index (χ0n) is 11.8. The van der Waals surface area contributed by atoms with Crippen molar-refractivity contribution in [2.45, 2.75) is 6.92 Å². The molecule has 22 heavy (non-hydrogen) atoms. The molecule has 3 rings (SSSR count). The summed E-state index contributed by atoms with van der Waals surface area (Å²) in [5.41, 5.74) is 2.92. The predicted octanol–water partition coefficient (Wildman–Crippen LogP) is 4.91. The number of hydrogen-bond acceptors (Lipinski definition) is 2. The van der Waals surface area contributed by atoms with Crippen LogP contribution in [-0.2, 0) is 4.79 Å². The van der Waals surface area contributed by atoms with E-state index < -0.39 is 0 Å². The van der Waals surface area contributed by atoms with Gasteiger partial charge in [0.05, 0.1) is 17.0 Å². The van der Waals surface area contributed by atoms with E-state index in [2.05, 4.69) is 21.0 Å². The van der Waals surface area contributed by atoms with E-state index in [9.17, 15) is 4.79 Å². The van der Waals surface area contributed by atoms with E-state index in [4.69, 9.17) is 11.6 Å². The van der Waals surface area contributed by atoms with Gasteiger partial charge in [-0.1, -0.05) is 45.7 Å². The largest absolute Gasteiger partial charge is 0.280 e. The van der Waals surface area contributed by atoms with Crippen LogP contribution in [0.5, 0.6) is 0 Å². The Morgan fingerprint density at radius 3 is 2.50 bits per heavy atom. The van der Waals surface area contributed by atoms with Crippen molar-refractivity contribution in [3.8, 4) is 0 Å². The number of nitrogens with zero attached hydrogens (tertiary/aromatic N) is 2. The van der Waals surface area contributed by atoms with Gasteiger partial charge >= 0.3 is 0 Å². The fraction of sp³-hybridized carbons (Fsp3) is 0.0588. The maximum Gasteiger partial charge on any atom is 0.280 e. The summed E-state index contributed by atoms with van der Waals surface area (Å²) in [4.78, 5) is 12.6. The minimum Gasteiger partial charge on any atom is -0.267 e. The summed E-state index contributed by atoms with van der Waals surface area (Å²) in [6.07, 6.45) is 1.85. The molecule has 0 aromatic heterocycles. The highest BCUT2D eigenvalue weighted by Gasteiger charge is 2.28. The number of hydrazone groups is 1. The summed E-state index contributed by atoms with van der Waals surface area (Å²) in [6, 6.07) is 14.8. The molecule has 3 nitrogen and oxygen atoms in total. The number of carbonyl (C=O) groups is 1. The molecule has 5 heteroatoms. The highest BCUT2D eigenvalue weighted by molar-refractivity contribution is 9.10. The van der Waals surface area contributed by atoms with Crippen LogP contribution in [0.3, 0.4) is 0 Å². The minimum absolute atomic E-state index is 0.143. The number of halogens is 2. The number of anilines is 1. The molecule has 1 amide bonds. The Kier molecular flexibility index (Phi) is 4.14. The summed E-state index contributed by atoms with van der Waals surface area (Å²) < 4.78 is 0.938. The van der Waals surface area contributed by atoms with Gasteiger partial charge in [0.1, 0.15) is 0 Å². The molecule has 0 radical (unpaired) electrons. The normalized spacial score (nSPS) is 16.3. The van der Waals surface area contributed by atoms with Crippen LogP contribution in [0.2, 0.25) is 5.02 Å². The van der Waals surface area contributed by atoms with Crippen molar-refractivity contribution in [3.05, 3.63) is 69.2 Å². The van der Waals surface area contributed by atoms with Gasteiger partial charge in [-0.05, 0) is 48.9 Å². The van der Waals surface area contributed by atoms with E-state index in [1.165, 1.54) is 5.01 Å². The van der Waals surface area contributed by atoms with E-state index in [0.717, 1.165) is 10.0 Å². The molecular weight excluding hydrogens is 364 g/mol. The first kappa shape index (κ1) is 15.0. The molecule has 1 aliphatic rings. The molecule has 0 N–H and O–H groups in total. The lowest BCUT2D eigenvalue weighted by Crippen LogP contribution is -2.21. The Morgan fingerprint density at radius 1 is 1.14 bits per heavy atom. The molecule has 0 bridgehead atoms. The van der Waals surface area contributed by atoms with Crippen molar-refractivity contribution in [1.29, 1.82) is 0 Å². The number of hydrogen-bond donors (Lipinski definition) is 0. The van der Waals surface area contributed by atoms with Crippen molar-refractivity contribution in [2.24, 2.45) is 5.10 Å². The number of amides is 1. The molecule has 2 aromatic carbocycles. The Labute approximate surface area is 142 Å². The summed E-state index contributed by atoms with van der Waals surface area (Å²) in [5.74, 6) is -0.143. The fourth-order valence-corrected chi connectivity index (χ4v) is 2.71. The Hall–Kier alpha value is -1.91. The van der Waals surface area contributed by atoms with E-state index >= 15 is 0 Å². The van der Waals surface area contributed by atoms with Crippen LogP contribution < -0.4 is 5.01 Å². The van der Waals surface area contributed by atoms with Gasteiger partial charge in [0.25, 0.3) is 5.91 Å². The lowest BCUT2D eigenvalue weighted by molar-refractivity contribution is -0.114. The molecular formula is C17H12BrClN2O. The third-order valence-electron chi connectivity index (χ3n) is 3.34. The third-order valence-corrected chi connectivity index (χ3v) is 4.31. The highest BCUT2D eigenvalue weighted by atomic mass is 79.9. The smallest absolute Gasteiger partial charge is 0.267 e. The summed E-state index contributed by atoms with van der Waals surface area (Å²) >= 11 is 9.37. The van der Waals surface area contributed by atoms with Crippen molar-refractivity contribution in [3.63, 3.8) is 0 Å².